The van der Waals surface area contributed by atoms with Gasteiger partial charge in [-0.1, -0.05) is 12.1 Å². The van der Waals surface area contributed by atoms with Crippen LogP contribution < -0.4 is 0 Å². The molecule has 10 heavy (non-hydrogen) atoms. The molecule has 4 heteroatoms. The van der Waals surface area contributed by atoms with E-state index in [9.17, 15) is 4.79 Å². The van der Waals surface area contributed by atoms with Gasteiger partial charge in [-0.2, -0.15) is 0 Å². The first-order valence-electron chi connectivity index (χ1n) is 3.10. The van der Waals surface area contributed by atoms with Crippen molar-refractivity contribution in [2.24, 2.45) is 11.1 Å². The molecule has 0 amide bonds. The summed E-state index contributed by atoms with van der Waals surface area (Å²) in [5.41, 5.74) is 0.118. The Morgan fingerprint density at radius 3 is 2.50 bits per heavy atom. The number of hydrogen-bond acceptors (Lipinski definition) is 3. The van der Waals surface area contributed by atoms with Crippen LogP contribution in [0.3, 0.4) is 0 Å². The van der Waals surface area contributed by atoms with Gasteiger partial charge in [-0.3, -0.25) is 0 Å². The summed E-state index contributed by atoms with van der Waals surface area (Å²) in [6.07, 6.45) is -0.105. The fourth-order valence-electron chi connectivity index (χ4n) is 0.770. The molecule has 0 saturated heterocycles. The summed E-state index contributed by atoms with van der Waals surface area (Å²) in [5, 5.41) is 11.9. The van der Waals surface area contributed by atoms with Crippen LogP contribution in [0, 0.1) is 5.92 Å². The average Bonchev–Trinajstić information content (AvgIpc) is 2.14. The molecule has 0 aromatic carbocycles. The average molecular weight is 143 g/mol. The molecule has 1 heterocycles. The summed E-state index contributed by atoms with van der Waals surface area (Å²) in [5.74, 6) is -1.09. The Morgan fingerprint density at radius 1 is 1.70 bits per heavy atom. The van der Waals surface area contributed by atoms with Crippen LogP contribution in [0.25, 0.3) is 0 Å². The maximum atomic E-state index is 10.3. The lowest BCUT2D eigenvalue weighted by molar-refractivity contribution is -0.129. The van der Waals surface area contributed by atoms with Crippen LogP contribution in [0.1, 0.15) is 13.8 Å². The maximum Gasteiger partial charge on any atom is 0.354 e. The van der Waals surface area contributed by atoms with Gasteiger partial charge in [0.2, 0.25) is 0 Å². The Morgan fingerprint density at radius 2 is 2.30 bits per heavy atom. The number of rotatable bonds is 1. The quantitative estimate of drug-likeness (QED) is 0.580. The van der Waals surface area contributed by atoms with E-state index in [1.165, 1.54) is 0 Å². The van der Waals surface area contributed by atoms with Gasteiger partial charge in [0.25, 0.3) is 0 Å². The summed E-state index contributed by atoms with van der Waals surface area (Å²) < 4.78 is 0. The molecule has 0 radical (unpaired) electrons. The second kappa shape index (κ2) is 2.28. The zero-order valence-electron chi connectivity index (χ0n) is 5.87. The molecule has 0 fully saturated rings. The highest BCUT2D eigenvalue weighted by atomic mass is 16.6. The standard InChI is InChI=1S/C6H9NO3/c1-3-4(2)10-7-5(3)6(8)9/h3-4H,1-2H3,(H,8,9)/t3-,4-/m0/s1. The van der Waals surface area contributed by atoms with Crippen LogP contribution in [0.2, 0.25) is 0 Å². The molecule has 1 aliphatic rings. The highest BCUT2D eigenvalue weighted by Gasteiger charge is 2.30. The minimum atomic E-state index is -0.989. The Labute approximate surface area is 58.5 Å². The van der Waals surface area contributed by atoms with Gasteiger partial charge in [0, 0.05) is 5.92 Å². The number of carbonyl (C=O) groups is 1. The summed E-state index contributed by atoms with van der Waals surface area (Å²) in [4.78, 5) is 15.1. The predicted octanol–water partition coefficient (Wildman–Crippen LogP) is 0.482. The van der Waals surface area contributed by atoms with Crippen LogP contribution >= 0.6 is 0 Å². The third-order valence-electron chi connectivity index (χ3n) is 1.67. The lowest BCUT2D eigenvalue weighted by Gasteiger charge is -2.04. The van der Waals surface area contributed by atoms with Crippen molar-refractivity contribution in [3.05, 3.63) is 0 Å². The van der Waals surface area contributed by atoms with Gasteiger partial charge in [-0.05, 0) is 6.92 Å². The molecular formula is C6H9NO3. The van der Waals surface area contributed by atoms with E-state index in [2.05, 4.69) is 5.16 Å². The first-order chi connectivity index (χ1) is 4.63. The SMILES string of the molecule is C[C@@H]1ON=C(C(=O)O)[C@H]1C. The van der Waals surface area contributed by atoms with Crippen molar-refractivity contribution in [1.29, 1.82) is 0 Å². The number of oxime groups is 1. The fraction of sp³-hybridized carbons (Fsp3) is 0.667. The summed E-state index contributed by atoms with van der Waals surface area (Å²) in [7, 11) is 0. The molecule has 0 bridgehead atoms. The van der Waals surface area contributed by atoms with Gasteiger partial charge in [-0.15, -0.1) is 0 Å². The molecular weight excluding hydrogens is 134 g/mol. The van der Waals surface area contributed by atoms with Crippen molar-refractivity contribution in [3.8, 4) is 0 Å². The first-order valence-corrected chi connectivity index (χ1v) is 3.10. The van der Waals surface area contributed by atoms with Gasteiger partial charge < -0.3 is 9.94 Å². The minimum absolute atomic E-state index is 0.0995. The monoisotopic (exact) mass is 143 g/mol. The molecule has 1 N–H and O–H groups in total. The van der Waals surface area contributed by atoms with E-state index >= 15 is 0 Å². The van der Waals surface area contributed by atoms with Crippen molar-refractivity contribution in [2.75, 3.05) is 0 Å². The van der Waals surface area contributed by atoms with Crippen LogP contribution in [0.15, 0.2) is 5.16 Å². The zero-order valence-corrected chi connectivity index (χ0v) is 5.87. The molecule has 0 unspecified atom stereocenters. The Bertz CT molecular complexity index is 187. The molecule has 0 aliphatic carbocycles. The van der Waals surface area contributed by atoms with Crippen LogP contribution in [-0.4, -0.2) is 22.9 Å². The van der Waals surface area contributed by atoms with E-state index in [0.29, 0.717) is 0 Å². The Balaban J connectivity index is 2.72. The number of nitrogens with zero attached hydrogens (tertiary/aromatic N) is 1. The number of carboxylic acid groups (broad SMARTS) is 1. The minimum Gasteiger partial charge on any atom is -0.477 e. The van der Waals surface area contributed by atoms with Gasteiger partial charge >= 0.3 is 5.97 Å². The Hall–Kier alpha value is -1.06. The van der Waals surface area contributed by atoms with Gasteiger partial charge in [0.1, 0.15) is 6.10 Å². The van der Waals surface area contributed by atoms with E-state index in [1.807, 2.05) is 0 Å². The van der Waals surface area contributed by atoms with Crippen molar-refractivity contribution < 1.29 is 14.7 Å². The maximum absolute atomic E-state index is 10.3. The number of hydrogen-bond donors (Lipinski definition) is 1. The molecule has 1 rings (SSSR count). The van der Waals surface area contributed by atoms with E-state index in [-0.39, 0.29) is 17.7 Å². The molecule has 56 valence electrons. The second-order valence-corrected chi connectivity index (χ2v) is 2.38. The largest absolute Gasteiger partial charge is 0.477 e. The smallest absolute Gasteiger partial charge is 0.354 e. The molecule has 0 aromatic rings. The van der Waals surface area contributed by atoms with Crippen molar-refractivity contribution in [3.63, 3.8) is 0 Å². The van der Waals surface area contributed by atoms with E-state index in [0.717, 1.165) is 0 Å². The molecule has 4 nitrogen and oxygen atoms in total. The topological polar surface area (TPSA) is 58.9 Å². The van der Waals surface area contributed by atoms with E-state index in [1.54, 1.807) is 13.8 Å². The number of carboxylic acids is 1. The predicted molar refractivity (Wildman–Crippen MR) is 34.8 cm³/mol. The zero-order chi connectivity index (χ0) is 7.72. The lowest BCUT2D eigenvalue weighted by atomic mass is 10.0. The van der Waals surface area contributed by atoms with Gasteiger partial charge in [0.05, 0.1) is 0 Å². The first kappa shape index (κ1) is 7.05. The fourth-order valence-corrected chi connectivity index (χ4v) is 0.770. The summed E-state index contributed by atoms with van der Waals surface area (Å²) in [6.45, 7) is 3.58. The van der Waals surface area contributed by atoms with E-state index < -0.39 is 5.97 Å². The molecule has 0 saturated carbocycles. The third kappa shape index (κ3) is 0.964. The van der Waals surface area contributed by atoms with Crippen LogP contribution in [-0.2, 0) is 9.63 Å². The van der Waals surface area contributed by atoms with E-state index in [4.69, 9.17) is 9.94 Å². The highest BCUT2D eigenvalue weighted by Crippen LogP contribution is 2.16. The third-order valence-corrected chi connectivity index (χ3v) is 1.67. The summed E-state index contributed by atoms with van der Waals surface area (Å²) >= 11 is 0. The van der Waals surface area contributed by atoms with Crippen molar-refractivity contribution in [2.45, 2.75) is 20.0 Å². The van der Waals surface area contributed by atoms with Crippen molar-refractivity contribution >= 4 is 11.7 Å². The molecule has 1 aliphatic heterocycles. The van der Waals surface area contributed by atoms with Gasteiger partial charge in [-0.25, -0.2) is 4.79 Å². The van der Waals surface area contributed by atoms with Crippen LogP contribution in [0.5, 0.6) is 0 Å². The molecule has 0 aromatic heterocycles. The second-order valence-electron chi connectivity index (χ2n) is 2.38. The normalized spacial score (nSPS) is 31.2. The summed E-state index contributed by atoms with van der Waals surface area (Å²) in [6, 6.07) is 0. The highest BCUT2D eigenvalue weighted by molar-refractivity contribution is 6.36. The van der Waals surface area contributed by atoms with Gasteiger partial charge in [0.15, 0.2) is 5.71 Å². The lowest BCUT2D eigenvalue weighted by Crippen LogP contribution is -2.23. The van der Waals surface area contributed by atoms with Crippen LogP contribution in [0.4, 0.5) is 0 Å². The number of aliphatic carboxylic acids is 1. The molecule has 2 atom stereocenters. The molecule has 0 spiro atoms. The Kier molecular flexibility index (Phi) is 1.61. The van der Waals surface area contributed by atoms with Crippen molar-refractivity contribution in [1.82, 2.24) is 0 Å².